The van der Waals surface area contributed by atoms with E-state index in [1.807, 2.05) is 24.3 Å². The second kappa shape index (κ2) is 9.09. The molecule has 0 saturated heterocycles. The Morgan fingerprint density at radius 2 is 1.86 bits per heavy atom. The van der Waals surface area contributed by atoms with Crippen LogP contribution in [-0.4, -0.2) is 36.9 Å². The number of amides is 1. The predicted molar refractivity (Wildman–Crippen MR) is 102 cm³/mol. The van der Waals surface area contributed by atoms with E-state index in [-0.39, 0.29) is 6.42 Å². The number of para-hydroxylation sites is 2. The second-order valence-electron chi connectivity index (χ2n) is 6.04. The Morgan fingerprint density at radius 3 is 2.50 bits per heavy atom. The zero-order chi connectivity index (χ0) is 19.9. The molecule has 1 amide bonds. The van der Waals surface area contributed by atoms with Crippen molar-refractivity contribution in [2.75, 3.05) is 20.8 Å². The minimum absolute atomic E-state index is 0.227. The molecule has 28 heavy (non-hydrogen) atoms. The summed E-state index contributed by atoms with van der Waals surface area (Å²) in [4.78, 5) is 15.5. The molecule has 0 saturated carbocycles. The van der Waals surface area contributed by atoms with Crippen LogP contribution in [0.3, 0.4) is 0 Å². The molecule has 0 unspecified atom stereocenters. The van der Waals surface area contributed by atoms with E-state index in [0.29, 0.717) is 53.7 Å². The molecule has 0 aliphatic rings. The van der Waals surface area contributed by atoms with Gasteiger partial charge in [0, 0.05) is 12.0 Å². The summed E-state index contributed by atoms with van der Waals surface area (Å²) in [5, 5.41) is 8.50. The normalized spacial score (nSPS) is 10.7. The molecule has 0 aliphatic heterocycles. The predicted octanol–water partition coefficient (Wildman–Crippen LogP) is 3.57. The van der Waals surface area contributed by atoms with E-state index in [4.69, 9.17) is 23.8 Å². The van der Waals surface area contributed by atoms with E-state index >= 15 is 0 Å². The Hall–Kier alpha value is -3.26. The minimum atomic E-state index is -0.419. The molecule has 0 atom stereocenters. The van der Waals surface area contributed by atoms with Crippen molar-refractivity contribution in [3.63, 3.8) is 0 Å². The van der Waals surface area contributed by atoms with Crippen LogP contribution in [0.25, 0.3) is 22.6 Å². The first kappa shape index (κ1) is 19.5. The van der Waals surface area contributed by atoms with Gasteiger partial charge >= 0.3 is 0 Å². The Morgan fingerprint density at radius 1 is 1.14 bits per heavy atom. The number of aromatic nitrogens is 1. The van der Waals surface area contributed by atoms with E-state index in [1.165, 1.54) is 0 Å². The van der Waals surface area contributed by atoms with Crippen LogP contribution < -0.4 is 19.7 Å². The lowest BCUT2D eigenvalue weighted by molar-refractivity contribution is -0.129. The number of hydrogen-bond acceptors (Lipinski definition) is 7. The summed E-state index contributed by atoms with van der Waals surface area (Å²) in [5.41, 5.74) is 3.78. The highest BCUT2D eigenvalue weighted by Gasteiger charge is 2.18. The fraction of sp³-hybridized carbons (Fsp3) is 0.300. The molecule has 0 fully saturated rings. The van der Waals surface area contributed by atoms with Gasteiger partial charge in [0.1, 0.15) is 5.52 Å². The monoisotopic (exact) mass is 386 g/mol. The van der Waals surface area contributed by atoms with Gasteiger partial charge in [0.25, 0.3) is 0 Å². The summed E-state index contributed by atoms with van der Waals surface area (Å²) < 4.78 is 22.6. The highest BCUT2D eigenvalue weighted by molar-refractivity contribution is 5.77. The van der Waals surface area contributed by atoms with Crippen molar-refractivity contribution < 1.29 is 28.6 Å². The number of unbranched alkanes of at least 4 members (excludes halogenated alkanes) is 1. The number of hydroxylamine groups is 1. The molecule has 0 radical (unpaired) electrons. The average molecular weight is 386 g/mol. The lowest BCUT2D eigenvalue weighted by Crippen LogP contribution is -2.18. The first-order chi connectivity index (χ1) is 13.7. The van der Waals surface area contributed by atoms with Crippen LogP contribution in [-0.2, 0) is 4.79 Å². The number of benzene rings is 2. The molecule has 0 spiro atoms. The Kier molecular flexibility index (Phi) is 6.33. The maximum Gasteiger partial charge on any atom is 0.243 e. The average Bonchev–Trinajstić information content (AvgIpc) is 3.17. The number of ether oxygens (including phenoxy) is 3. The molecule has 8 heteroatoms. The third-order valence-corrected chi connectivity index (χ3v) is 4.17. The number of nitrogens with zero attached hydrogens (tertiary/aromatic N) is 1. The molecule has 0 aliphatic carbocycles. The van der Waals surface area contributed by atoms with Crippen LogP contribution in [0.5, 0.6) is 17.2 Å². The number of carbonyl (C=O) groups is 1. The largest absolute Gasteiger partial charge is 0.493 e. The van der Waals surface area contributed by atoms with Crippen LogP contribution in [0, 0.1) is 0 Å². The van der Waals surface area contributed by atoms with Gasteiger partial charge in [0.2, 0.25) is 17.5 Å². The summed E-state index contributed by atoms with van der Waals surface area (Å²) in [7, 11) is 3.09. The van der Waals surface area contributed by atoms with Gasteiger partial charge in [-0.25, -0.2) is 10.5 Å². The quantitative estimate of drug-likeness (QED) is 0.329. The molecule has 3 aromatic rings. The number of methoxy groups -OCH3 is 2. The maximum atomic E-state index is 11.0. The zero-order valence-corrected chi connectivity index (χ0v) is 15.7. The van der Waals surface area contributed by atoms with Gasteiger partial charge in [-0.15, -0.1) is 0 Å². The standard InChI is InChI=1S/C20H22N2O6/c1-25-16-11-13(20-21-14-7-3-4-8-15(14)28-20)12-17(26-2)19(16)27-10-6-5-9-18(23)22-24/h3-4,7-8,11-12,24H,5-6,9-10H2,1-2H3,(H,22,23). The Labute approximate surface area is 162 Å². The van der Waals surface area contributed by atoms with Gasteiger partial charge in [0.15, 0.2) is 17.1 Å². The fourth-order valence-electron chi connectivity index (χ4n) is 2.76. The lowest BCUT2D eigenvalue weighted by Gasteiger charge is -2.15. The molecular formula is C20H22N2O6. The van der Waals surface area contributed by atoms with Crippen LogP contribution in [0.1, 0.15) is 19.3 Å². The summed E-state index contributed by atoms with van der Waals surface area (Å²) in [6.07, 6.45) is 1.44. The number of carbonyl (C=O) groups excluding carboxylic acids is 1. The Balaban J connectivity index is 1.79. The van der Waals surface area contributed by atoms with E-state index in [0.717, 1.165) is 5.52 Å². The summed E-state index contributed by atoms with van der Waals surface area (Å²) in [5.74, 6) is 1.49. The smallest absolute Gasteiger partial charge is 0.243 e. The number of oxazole rings is 1. The third-order valence-electron chi connectivity index (χ3n) is 4.17. The van der Waals surface area contributed by atoms with E-state index in [9.17, 15) is 4.79 Å². The minimum Gasteiger partial charge on any atom is -0.493 e. The molecule has 2 aromatic carbocycles. The van der Waals surface area contributed by atoms with E-state index < -0.39 is 5.91 Å². The molecule has 0 bridgehead atoms. The topological polar surface area (TPSA) is 103 Å². The molecule has 8 nitrogen and oxygen atoms in total. The Bertz CT molecular complexity index is 895. The van der Waals surface area contributed by atoms with Gasteiger partial charge in [-0.3, -0.25) is 10.0 Å². The van der Waals surface area contributed by atoms with Gasteiger partial charge in [-0.1, -0.05) is 12.1 Å². The van der Waals surface area contributed by atoms with E-state index in [1.54, 1.807) is 31.8 Å². The zero-order valence-electron chi connectivity index (χ0n) is 15.7. The molecule has 3 rings (SSSR count). The van der Waals surface area contributed by atoms with Crippen LogP contribution >= 0.6 is 0 Å². The highest BCUT2D eigenvalue weighted by Crippen LogP contribution is 2.41. The number of hydrogen-bond donors (Lipinski definition) is 2. The third kappa shape index (κ3) is 4.34. The maximum absolute atomic E-state index is 11.0. The summed E-state index contributed by atoms with van der Waals surface area (Å²) in [6, 6.07) is 11.1. The number of fused-ring (bicyclic) bond motifs is 1. The SMILES string of the molecule is COc1cc(-c2nc3ccccc3o2)cc(OC)c1OCCCCC(=O)NO. The van der Waals surface area contributed by atoms with Crippen LogP contribution in [0.4, 0.5) is 0 Å². The number of nitrogens with one attached hydrogen (secondary N) is 1. The van der Waals surface area contributed by atoms with Crippen molar-refractivity contribution in [2.24, 2.45) is 0 Å². The van der Waals surface area contributed by atoms with Crippen LogP contribution in [0.15, 0.2) is 40.8 Å². The van der Waals surface area contributed by atoms with Crippen molar-refractivity contribution in [3.8, 4) is 28.7 Å². The van der Waals surface area contributed by atoms with Crippen LogP contribution in [0.2, 0.25) is 0 Å². The van der Waals surface area contributed by atoms with Gasteiger partial charge < -0.3 is 18.6 Å². The molecule has 1 heterocycles. The number of rotatable bonds is 9. The van der Waals surface area contributed by atoms with Crippen molar-refractivity contribution >= 4 is 17.0 Å². The first-order valence-corrected chi connectivity index (χ1v) is 8.84. The van der Waals surface area contributed by atoms with Gasteiger partial charge in [0.05, 0.1) is 20.8 Å². The molecule has 148 valence electrons. The molecule has 2 N–H and O–H groups in total. The molecule has 1 aromatic heterocycles. The van der Waals surface area contributed by atoms with Crippen molar-refractivity contribution in [3.05, 3.63) is 36.4 Å². The van der Waals surface area contributed by atoms with Crippen molar-refractivity contribution in [2.45, 2.75) is 19.3 Å². The van der Waals surface area contributed by atoms with E-state index in [2.05, 4.69) is 4.98 Å². The first-order valence-electron chi connectivity index (χ1n) is 8.84. The van der Waals surface area contributed by atoms with Gasteiger partial charge in [-0.2, -0.15) is 0 Å². The second-order valence-corrected chi connectivity index (χ2v) is 6.04. The summed E-state index contributed by atoms with van der Waals surface area (Å²) in [6.45, 7) is 0.369. The van der Waals surface area contributed by atoms with Crippen molar-refractivity contribution in [1.82, 2.24) is 10.5 Å². The van der Waals surface area contributed by atoms with Crippen molar-refractivity contribution in [1.29, 1.82) is 0 Å². The molecular weight excluding hydrogens is 364 g/mol. The lowest BCUT2D eigenvalue weighted by atomic mass is 10.1. The highest BCUT2D eigenvalue weighted by atomic mass is 16.5. The fourth-order valence-corrected chi connectivity index (χ4v) is 2.76. The van der Waals surface area contributed by atoms with Gasteiger partial charge in [-0.05, 0) is 37.1 Å². The summed E-state index contributed by atoms with van der Waals surface area (Å²) >= 11 is 0.